The molecule has 60 heavy (non-hydrogen) atoms. The number of hydrogen-bond acceptors (Lipinski definition) is 3. The molecule has 0 N–H and O–H groups in total. The van der Waals surface area contributed by atoms with Gasteiger partial charge in [0.1, 0.15) is 0 Å². The molecule has 1 atom stereocenters. The number of allylic oxidation sites excluding steroid dienone is 1. The first-order chi connectivity index (χ1) is 29.3. The lowest BCUT2D eigenvalue weighted by Gasteiger charge is -2.22. The average Bonchev–Trinajstić information content (AvgIpc) is 3.74. The number of benzene rings is 7. The van der Waals surface area contributed by atoms with Crippen LogP contribution >= 0.6 is 0 Å². The molecule has 7 aromatic carbocycles. The predicted molar refractivity (Wildman–Crippen MR) is 248 cm³/mol. The highest BCUT2D eigenvalue weighted by Crippen LogP contribution is 2.51. The van der Waals surface area contributed by atoms with E-state index in [1.807, 2.05) is 18.2 Å². The highest BCUT2D eigenvalue weighted by Gasteiger charge is 2.36. The Hall–Kier alpha value is -7.17. The molecule has 288 valence electrons. The fourth-order valence-electron chi connectivity index (χ4n) is 9.55. The molecule has 0 radical (unpaired) electrons. The first kappa shape index (κ1) is 36.0. The minimum Gasteiger partial charge on any atom is -0.313 e. The quantitative estimate of drug-likeness (QED) is 0.169. The lowest BCUT2D eigenvalue weighted by Crippen LogP contribution is -2.15. The largest absolute Gasteiger partial charge is 0.313 e. The van der Waals surface area contributed by atoms with Crippen molar-refractivity contribution in [3.8, 4) is 73.2 Å². The molecule has 9 aromatic rings. The van der Waals surface area contributed by atoms with Crippen molar-refractivity contribution in [2.24, 2.45) is 5.92 Å². The van der Waals surface area contributed by atoms with Gasteiger partial charge >= 0.3 is 0 Å². The summed E-state index contributed by atoms with van der Waals surface area (Å²) in [7, 11) is 0. The molecule has 2 aromatic heterocycles. The number of rotatable bonds is 6. The van der Waals surface area contributed by atoms with Crippen LogP contribution in [0.25, 0.3) is 90.2 Å². The van der Waals surface area contributed by atoms with Crippen molar-refractivity contribution >= 4 is 17.0 Å². The molecule has 0 fully saturated rings. The first-order valence-corrected chi connectivity index (χ1v) is 21.0. The summed E-state index contributed by atoms with van der Waals surface area (Å²) in [5, 5.41) is 1.28. The second-order valence-electron chi connectivity index (χ2n) is 17.0. The van der Waals surface area contributed by atoms with Gasteiger partial charge in [-0.15, -0.1) is 0 Å². The van der Waals surface area contributed by atoms with Gasteiger partial charge in [-0.05, 0) is 106 Å². The lowest BCUT2D eigenvalue weighted by molar-refractivity contribution is 0.661. The number of nitrogens with zero attached hydrogens (tertiary/aromatic N) is 4. The van der Waals surface area contributed by atoms with Gasteiger partial charge in [-0.25, -0.2) is 15.0 Å². The number of aromatic nitrogens is 4. The van der Waals surface area contributed by atoms with E-state index in [0.717, 1.165) is 28.8 Å². The molecule has 2 aliphatic carbocycles. The Balaban J connectivity index is 1.000. The number of aryl methyl sites for hydroxylation is 1. The van der Waals surface area contributed by atoms with E-state index in [2.05, 4.69) is 190 Å². The SMILES string of the molecule is Cc1ccc(-c2ccc3c(c2)C(C)(C)c2cc(-c4nc(-c5ccccc5)nc(-c5cccc(-n6c7c(c8ccccc86)C=CC(C)C7)c5)n4)ccc2-3)cc1-c1ccccc1. The van der Waals surface area contributed by atoms with Crippen LogP contribution in [-0.2, 0) is 11.8 Å². The van der Waals surface area contributed by atoms with E-state index in [9.17, 15) is 0 Å². The van der Waals surface area contributed by atoms with Crippen LogP contribution in [0.4, 0.5) is 0 Å². The van der Waals surface area contributed by atoms with Gasteiger partial charge in [-0.3, -0.25) is 0 Å². The van der Waals surface area contributed by atoms with Crippen molar-refractivity contribution < 1.29 is 0 Å². The molecule has 4 nitrogen and oxygen atoms in total. The molecular weight excluding hydrogens is 729 g/mol. The van der Waals surface area contributed by atoms with Crippen molar-refractivity contribution in [1.29, 1.82) is 0 Å². The Morgan fingerprint density at radius 2 is 1.08 bits per heavy atom. The van der Waals surface area contributed by atoms with Crippen LogP contribution in [0.2, 0.25) is 0 Å². The molecule has 0 saturated carbocycles. The lowest BCUT2D eigenvalue weighted by atomic mass is 9.81. The molecule has 0 amide bonds. The highest BCUT2D eigenvalue weighted by molar-refractivity contribution is 5.93. The molecular formula is C56H44N4. The van der Waals surface area contributed by atoms with Gasteiger partial charge in [0, 0.05) is 44.4 Å². The number of fused-ring (bicyclic) bond motifs is 6. The fraction of sp³-hybridized carbons (Fsp3) is 0.125. The highest BCUT2D eigenvalue weighted by atomic mass is 15.0. The van der Waals surface area contributed by atoms with E-state index in [1.165, 1.54) is 72.2 Å². The summed E-state index contributed by atoms with van der Waals surface area (Å²) in [6, 6.07) is 58.9. The maximum atomic E-state index is 5.26. The normalized spacial score (nSPS) is 14.8. The summed E-state index contributed by atoms with van der Waals surface area (Å²) < 4.78 is 2.43. The standard InChI is InChI=1S/C56H44N4/c1-35-22-27-47-46-20-11-12-21-51(46)60(52(47)30-35)43-19-13-18-41(31-43)54-57-53(38-16-9-6-10-17-38)58-55(59-54)42-26-29-45-44-28-25-40(33-49(44)56(3,4)50(45)34-42)39-24-23-36(2)48(32-39)37-14-7-5-8-15-37/h5-29,31-35H,30H2,1-4H3. The Bertz CT molecular complexity index is 3170. The minimum atomic E-state index is -0.235. The van der Waals surface area contributed by atoms with Crippen LogP contribution in [0.5, 0.6) is 0 Å². The molecule has 0 saturated heterocycles. The van der Waals surface area contributed by atoms with E-state index in [1.54, 1.807) is 0 Å². The van der Waals surface area contributed by atoms with E-state index < -0.39 is 0 Å². The molecule has 1 unspecified atom stereocenters. The molecule has 4 heteroatoms. The van der Waals surface area contributed by atoms with E-state index in [4.69, 9.17) is 15.0 Å². The monoisotopic (exact) mass is 772 g/mol. The maximum absolute atomic E-state index is 5.26. The molecule has 0 bridgehead atoms. The molecule has 11 rings (SSSR count). The van der Waals surface area contributed by atoms with Gasteiger partial charge in [0.15, 0.2) is 17.5 Å². The van der Waals surface area contributed by atoms with Crippen LogP contribution in [0.3, 0.4) is 0 Å². The second-order valence-corrected chi connectivity index (χ2v) is 17.0. The molecule has 2 heterocycles. The Morgan fingerprint density at radius 1 is 0.517 bits per heavy atom. The summed E-state index contributed by atoms with van der Waals surface area (Å²) in [6.07, 6.45) is 5.62. The summed E-state index contributed by atoms with van der Waals surface area (Å²) in [5.74, 6) is 2.44. The third-order valence-electron chi connectivity index (χ3n) is 12.7. The minimum absolute atomic E-state index is 0.235. The topological polar surface area (TPSA) is 43.6 Å². The number of hydrogen-bond donors (Lipinski definition) is 0. The van der Waals surface area contributed by atoms with Crippen molar-refractivity contribution in [2.45, 2.75) is 39.5 Å². The summed E-state index contributed by atoms with van der Waals surface area (Å²) >= 11 is 0. The zero-order valence-corrected chi connectivity index (χ0v) is 34.3. The molecule has 0 aliphatic heterocycles. The smallest absolute Gasteiger partial charge is 0.164 e. The molecule has 2 aliphatic rings. The molecule has 0 spiro atoms. The van der Waals surface area contributed by atoms with Crippen LogP contribution in [0.15, 0.2) is 170 Å². The van der Waals surface area contributed by atoms with E-state index >= 15 is 0 Å². The van der Waals surface area contributed by atoms with Crippen LogP contribution < -0.4 is 0 Å². The average molecular weight is 773 g/mol. The zero-order chi connectivity index (χ0) is 40.5. The maximum Gasteiger partial charge on any atom is 0.164 e. The summed E-state index contributed by atoms with van der Waals surface area (Å²) in [4.78, 5) is 15.6. The van der Waals surface area contributed by atoms with Crippen molar-refractivity contribution in [1.82, 2.24) is 19.5 Å². The predicted octanol–water partition coefficient (Wildman–Crippen LogP) is 14.0. The van der Waals surface area contributed by atoms with Crippen molar-refractivity contribution in [2.75, 3.05) is 0 Å². The summed E-state index contributed by atoms with van der Waals surface area (Å²) in [5.41, 5.74) is 19.0. The van der Waals surface area contributed by atoms with Gasteiger partial charge in [0.2, 0.25) is 0 Å². The Kier molecular flexibility index (Phi) is 8.38. The third-order valence-corrected chi connectivity index (χ3v) is 12.7. The summed E-state index contributed by atoms with van der Waals surface area (Å²) in [6.45, 7) is 9.17. The number of para-hydroxylation sites is 1. The van der Waals surface area contributed by atoms with Crippen LogP contribution in [0.1, 0.15) is 48.7 Å². The Labute approximate surface area is 351 Å². The van der Waals surface area contributed by atoms with Gasteiger partial charge in [-0.2, -0.15) is 0 Å². The first-order valence-electron chi connectivity index (χ1n) is 21.0. The fourth-order valence-corrected chi connectivity index (χ4v) is 9.55. The zero-order valence-electron chi connectivity index (χ0n) is 34.3. The van der Waals surface area contributed by atoms with Gasteiger partial charge in [0.25, 0.3) is 0 Å². The van der Waals surface area contributed by atoms with Gasteiger partial charge in [-0.1, -0.05) is 160 Å². The Morgan fingerprint density at radius 3 is 1.82 bits per heavy atom. The van der Waals surface area contributed by atoms with Crippen LogP contribution in [0, 0.1) is 12.8 Å². The third kappa shape index (κ3) is 5.93. The van der Waals surface area contributed by atoms with E-state index in [0.29, 0.717) is 23.4 Å². The van der Waals surface area contributed by atoms with E-state index in [-0.39, 0.29) is 5.41 Å². The van der Waals surface area contributed by atoms with Crippen molar-refractivity contribution in [3.05, 3.63) is 198 Å². The van der Waals surface area contributed by atoms with Gasteiger partial charge in [0.05, 0.1) is 5.52 Å². The van der Waals surface area contributed by atoms with Crippen LogP contribution in [-0.4, -0.2) is 19.5 Å². The van der Waals surface area contributed by atoms with Crippen molar-refractivity contribution in [3.63, 3.8) is 0 Å². The second kappa shape index (κ2) is 14.0. The van der Waals surface area contributed by atoms with Gasteiger partial charge < -0.3 is 4.57 Å².